The Kier molecular flexibility index (Phi) is 4.05. The maximum Gasteiger partial charge on any atom is 0.327 e. The molecule has 3 heteroatoms. The van der Waals surface area contributed by atoms with Gasteiger partial charge in [-0.15, -0.1) is 0 Å². The molecule has 2 rings (SSSR count). The number of fused-ring (bicyclic) bond motifs is 2. The summed E-state index contributed by atoms with van der Waals surface area (Å²) in [5.74, 6) is -0.0577. The third-order valence-electron chi connectivity index (χ3n) is 5.81. The molecule has 108 valence electrons. The standard InChI is InChI=1S/C16H26O3/c1-15(2)12-8-9-16(15,3)13(11-12)19-10-6-4-5-7-14(17)18/h5,7,12-13H,4,6,8-11H2,1-3H3,(H,17,18). The van der Waals surface area contributed by atoms with E-state index >= 15 is 0 Å². The van der Waals surface area contributed by atoms with Crippen molar-refractivity contribution >= 4 is 5.97 Å². The second-order valence-electron chi connectivity index (χ2n) is 6.85. The molecule has 0 aromatic rings. The van der Waals surface area contributed by atoms with Crippen LogP contribution in [0.15, 0.2) is 12.2 Å². The fraction of sp³-hybridized carbons (Fsp3) is 0.812. The first-order valence-electron chi connectivity index (χ1n) is 7.39. The zero-order chi connectivity index (χ0) is 14.1. The molecule has 2 bridgehead atoms. The number of unbranched alkanes of at least 4 members (excludes halogenated alkanes) is 1. The third kappa shape index (κ3) is 2.58. The van der Waals surface area contributed by atoms with Gasteiger partial charge in [0.25, 0.3) is 0 Å². The summed E-state index contributed by atoms with van der Waals surface area (Å²) >= 11 is 0. The molecular weight excluding hydrogens is 240 g/mol. The van der Waals surface area contributed by atoms with Crippen molar-refractivity contribution < 1.29 is 14.6 Å². The van der Waals surface area contributed by atoms with Gasteiger partial charge in [-0.25, -0.2) is 4.79 Å². The zero-order valence-corrected chi connectivity index (χ0v) is 12.3. The number of allylic oxidation sites excluding steroid dienone is 1. The molecule has 3 nitrogen and oxygen atoms in total. The molecular formula is C16H26O3. The van der Waals surface area contributed by atoms with Crippen LogP contribution in [0.5, 0.6) is 0 Å². The second kappa shape index (κ2) is 5.28. The van der Waals surface area contributed by atoms with Crippen molar-refractivity contribution in [3.8, 4) is 0 Å². The van der Waals surface area contributed by atoms with E-state index in [1.807, 2.05) is 0 Å². The summed E-state index contributed by atoms with van der Waals surface area (Å²) in [6.07, 6.45) is 8.84. The van der Waals surface area contributed by atoms with Crippen LogP contribution < -0.4 is 0 Å². The van der Waals surface area contributed by atoms with Gasteiger partial charge < -0.3 is 9.84 Å². The molecule has 2 saturated carbocycles. The van der Waals surface area contributed by atoms with Gasteiger partial charge >= 0.3 is 5.97 Å². The molecule has 0 radical (unpaired) electrons. The Morgan fingerprint density at radius 2 is 2.16 bits per heavy atom. The lowest BCUT2D eigenvalue weighted by atomic mass is 9.70. The monoisotopic (exact) mass is 266 g/mol. The van der Waals surface area contributed by atoms with E-state index in [9.17, 15) is 4.79 Å². The van der Waals surface area contributed by atoms with Crippen LogP contribution in [0.2, 0.25) is 0 Å². The van der Waals surface area contributed by atoms with Crippen molar-refractivity contribution in [2.45, 2.75) is 59.0 Å². The molecule has 0 saturated heterocycles. The number of carbonyl (C=O) groups is 1. The van der Waals surface area contributed by atoms with E-state index in [0.717, 1.165) is 25.4 Å². The third-order valence-corrected chi connectivity index (χ3v) is 5.81. The van der Waals surface area contributed by atoms with Gasteiger partial charge in [0.15, 0.2) is 0 Å². The van der Waals surface area contributed by atoms with Crippen LogP contribution in [0.25, 0.3) is 0 Å². The summed E-state index contributed by atoms with van der Waals surface area (Å²) in [6.45, 7) is 7.91. The molecule has 3 atom stereocenters. The average Bonchev–Trinajstić information content (AvgIpc) is 2.66. The summed E-state index contributed by atoms with van der Waals surface area (Å²) in [6, 6.07) is 0. The minimum atomic E-state index is -0.872. The van der Waals surface area contributed by atoms with Crippen molar-refractivity contribution in [2.75, 3.05) is 6.61 Å². The van der Waals surface area contributed by atoms with Crippen molar-refractivity contribution in [1.29, 1.82) is 0 Å². The van der Waals surface area contributed by atoms with Crippen molar-refractivity contribution in [3.05, 3.63) is 12.2 Å². The Morgan fingerprint density at radius 3 is 2.68 bits per heavy atom. The predicted molar refractivity (Wildman–Crippen MR) is 75.0 cm³/mol. The molecule has 0 aliphatic heterocycles. The molecule has 1 N–H and O–H groups in total. The average molecular weight is 266 g/mol. The van der Waals surface area contributed by atoms with E-state index in [4.69, 9.17) is 9.84 Å². The van der Waals surface area contributed by atoms with Crippen molar-refractivity contribution in [2.24, 2.45) is 16.7 Å². The fourth-order valence-corrected chi connectivity index (χ4v) is 3.99. The van der Waals surface area contributed by atoms with Gasteiger partial charge in [0.2, 0.25) is 0 Å². The van der Waals surface area contributed by atoms with Crippen molar-refractivity contribution in [1.82, 2.24) is 0 Å². The van der Waals surface area contributed by atoms with Gasteiger partial charge in [0, 0.05) is 12.7 Å². The van der Waals surface area contributed by atoms with E-state index in [-0.39, 0.29) is 0 Å². The topological polar surface area (TPSA) is 46.5 Å². The van der Waals surface area contributed by atoms with Gasteiger partial charge in [0.05, 0.1) is 6.10 Å². The molecule has 2 aliphatic rings. The molecule has 3 unspecified atom stereocenters. The summed E-state index contributed by atoms with van der Waals surface area (Å²) < 4.78 is 6.10. The highest BCUT2D eigenvalue weighted by atomic mass is 16.5. The van der Waals surface area contributed by atoms with Crippen LogP contribution in [0.1, 0.15) is 52.9 Å². The number of aliphatic carboxylic acids is 1. The first kappa shape index (κ1) is 14.6. The van der Waals surface area contributed by atoms with E-state index in [2.05, 4.69) is 20.8 Å². The lowest BCUT2D eigenvalue weighted by molar-refractivity contribution is -0.131. The number of rotatable bonds is 6. The second-order valence-corrected chi connectivity index (χ2v) is 6.85. The summed E-state index contributed by atoms with van der Waals surface area (Å²) in [7, 11) is 0. The molecule has 2 fully saturated rings. The maximum absolute atomic E-state index is 10.3. The van der Waals surface area contributed by atoms with Gasteiger partial charge in [-0.05, 0) is 48.9 Å². The van der Waals surface area contributed by atoms with Gasteiger partial charge in [-0.3, -0.25) is 0 Å². The molecule has 2 aliphatic carbocycles. The zero-order valence-electron chi connectivity index (χ0n) is 12.3. The first-order chi connectivity index (χ1) is 8.88. The number of carboxylic acid groups (broad SMARTS) is 1. The van der Waals surface area contributed by atoms with E-state index in [0.29, 0.717) is 16.9 Å². The molecule has 0 aromatic heterocycles. The lowest BCUT2D eigenvalue weighted by Crippen LogP contribution is -2.37. The van der Waals surface area contributed by atoms with E-state index in [1.54, 1.807) is 6.08 Å². The Balaban J connectivity index is 1.75. The number of hydrogen-bond acceptors (Lipinski definition) is 2. The largest absolute Gasteiger partial charge is 0.478 e. The SMILES string of the molecule is CC1(C)C2CCC1(C)C(OCCCC=CC(=O)O)C2. The van der Waals surface area contributed by atoms with Gasteiger partial charge in [0.1, 0.15) is 0 Å². The molecule has 0 heterocycles. The Morgan fingerprint density at radius 1 is 1.42 bits per heavy atom. The molecule has 19 heavy (non-hydrogen) atoms. The fourth-order valence-electron chi connectivity index (χ4n) is 3.99. The van der Waals surface area contributed by atoms with Crippen LogP contribution in [-0.2, 0) is 9.53 Å². The van der Waals surface area contributed by atoms with Crippen LogP contribution in [0, 0.1) is 16.7 Å². The summed E-state index contributed by atoms with van der Waals surface area (Å²) in [5, 5.41) is 8.49. The quantitative estimate of drug-likeness (QED) is 0.590. The van der Waals surface area contributed by atoms with E-state index < -0.39 is 5.97 Å². The normalized spacial score (nSPS) is 36.2. The molecule has 0 amide bonds. The minimum absolute atomic E-state index is 0.328. The Bertz CT molecular complexity index is 372. The van der Waals surface area contributed by atoms with E-state index in [1.165, 1.54) is 25.3 Å². The lowest BCUT2D eigenvalue weighted by Gasteiger charge is -2.38. The molecule has 0 aromatic carbocycles. The maximum atomic E-state index is 10.3. The highest BCUT2D eigenvalue weighted by Crippen LogP contribution is 2.66. The van der Waals surface area contributed by atoms with Crippen LogP contribution in [-0.4, -0.2) is 23.8 Å². The van der Waals surface area contributed by atoms with Crippen LogP contribution >= 0.6 is 0 Å². The van der Waals surface area contributed by atoms with Crippen LogP contribution in [0.4, 0.5) is 0 Å². The Labute approximate surface area is 116 Å². The van der Waals surface area contributed by atoms with Gasteiger partial charge in [-0.2, -0.15) is 0 Å². The number of carboxylic acids is 1. The van der Waals surface area contributed by atoms with Gasteiger partial charge in [-0.1, -0.05) is 26.8 Å². The smallest absolute Gasteiger partial charge is 0.327 e. The predicted octanol–water partition coefficient (Wildman–Crippen LogP) is 3.64. The first-order valence-corrected chi connectivity index (χ1v) is 7.39. The van der Waals surface area contributed by atoms with Crippen molar-refractivity contribution in [3.63, 3.8) is 0 Å². The minimum Gasteiger partial charge on any atom is -0.478 e. The number of hydrogen-bond donors (Lipinski definition) is 1. The summed E-state index contributed by atoms with van der Waals surface area (Å²) in [5.41, 5.74) is 0.732. The highest BCUT2D eigenvalue weighted by molar-refractivity contribution is 5.79. The Hall–Kier alpha value is -0.830. The van der Waals surface area contributed by atoms with Crippen LogP contribution in [0.3, 0.4) is 0 Å². The molecule has 0 spiro atoms. The highest BCUT2D eigenvalue weighted by Gasteiger charge is 2.61. The number of ether oxygens (including phenoxy) is 1. The summed E-state index contributed by atoms with van der Waals surface area (Å²) in [4.78, 5) is 10.3.